The maximum absolute atomic E-state index is 12.3. The number of carbonyl (C=O) groups excluding carboxylic acids is 1. The van der Waals surface area contributed by atoms with Gasteiger partial charge >= 0.3 is 0 Å². The topological polar surface area (TPSA) is 77.6 Å². The quantitative estimate of drug-likeness (QED) is 0.621. The predicted octanol–water partition coefficient (Wildman–Crippen LogP) is 2.08. The Labute approximate surface area is 143 Å². The molecule has 0 aliphatic rings. The number of aromatic nitrogens is 5. The number of amides is 1. The summed E-state index contributed by atoms with van der Waals surface area (Å²) in [6.07, 6.45) is 5.11. The Morgan fingerprint density at radius 3 is 2.84 bits per heavy atom. The second-order valence-electron chi connectivity index (χ2n) is 5.69. The molecular weight excluding hydrogens is 316 g/mol. The number of rotatable bonds is 4. The third-order valence-corrected chi connectivity index (χ3v) is 3.91. The number of hydrogen-bond acceptors (Lipinski definition) is 4. The van der Waals surface area contributed by atoms with Crippen molar-refractivity contribution in [3.05, 3.63) is 72.4 Å². The number of carbonyl (C=O) groups is 1. The molecule has 0 saturated heterocycles. The summed E-state index contributed by atoms with van der Waals surface area (Å²) in [4.78, 5) is 20.8. The van der Waals surface area contributed by atoms with Gasteiger partial charge in [-0.05, 0) is 24.3 Å². The molecule has 4 rings (SSSR count). The van der Waals surface area contributed by atoms with Crippen LogP contribution in [0.1, 0.15) is 16.1 Å². The number of imidazole rings is 1. The Balaban J connectivity index is 1.45. The molecule has 25 heavy (non-hydrogen) atoms. The Bertz CT molecular complexity index is 1030. The van der Waals surface area contributed by atoms with Crippen molar-refractivity contribution in [2.24, 2.45) is 7.05 Å². The van der Waals surface area contributed by atoms with Gasteiger partial charge in [-0.15, -0.1) is 0 Å². The number of nitrogens with zero attached hydrogens (tertiary/aromatic N) is 5. The van der Waals surface area contributed by atoms with Crippen LogP contribution in [0.4, 0.5) is 0 Å². The molecule has 0 saturated carbocycles. The van der Waals surface area contributed by atoms with Gasteiger partial charge in [0.1, 0.15) is 5.52 Å². The molecule has 0 bridgehead atoms. The van der Waals surface area contributed by atoms with Gasteiger partial charge < -0.3 is 9.88 Å². The summed E-state index contributed by atoms with van der Waals surface area (Å²) in [5.74, 6) is -0.200. The largest absolute Gasteiger partial charge is 0.346 e. The second kappa shape index (κ2) is 6.20. The first kappa shape index (κ1) is 15.1. The van der Waals surface area contributed by atoms with E-state index in [2.05, 4.69) is 20.4 Å². The molecule has 0 aliphatic heterocycles. The molecule has 0 fully saturated rings. The van der Waals surface area contributed by atoms with Crippen LogP contribution >= 0.6 is 0 Å². The highest BCUT2D eigenvalue weighted by molar-refractivity contribution is 5.96. The van der Waals surface area contributed by atoms with Crippen molar-refractivity contribution >= 4 is 17.1 Å². The highest BCUT2D eigenvalue weighted by Gasteiger charge is 2.10. The molecule has 0 spiro atoms. The van der Waals surface area contributed by atoms with Crippen LogP contribution in [0.3, 0.4) is 0 Å². The van der Waals surface area contributed by atoms with Gasteiger partial charge in [0.15, 0.2) is 5.65 Å². The Morgan fingerprint density at radius 1 is 1.16 bits per heavy atom. The van der Waals surface area contributed by atoms with Crippen LogP contribution in [0, 0.1) is 0 Å². The van der Waals surface area contributed by atoms with Gasteiger partial charge in [-0.1, -0.05) is 18.2 Å². The molecule has 124 valence electrons. The molecular formula is C18H16N6O. The van der Waals surface area contributed by atoms with Crippen LogP contribution in [0.5, 0.6) is 0 Å². The van der Waals surface area contributed by atoms with E-state index in [4.69, 9.17) is 0 Å². The van der Waals surface area contributed by atoms with E-state index < -0.39 is 0 Å². The van der Waals surface area contributed by atoms with Crippen LogP contribution in [0.2, 0.25) is 0 Å². The maximum atomic E-state index is 12.3. The Morgan fingerprint density at radius 2 is 2.00 bits per heavy atom. The van der Waals surface area contributed by atoms with Crippen molar-refractivity contribution in [2.75, 3.05) is 0 Å². The summed E-state index contributed by atoms with van der Waals surface area (Å²) in [5.41, 5.74) is 3.68. The Kier molecular flexibility index (Phi) is 3.74. The van der Waals surface area contributed by atoms with Crippen molar-refractivity contribution in [1.82, 2.24) is 29.6 Å². The number of nitrogens with one attached hydrogen (secondary N) is 1. The van der Waals surface area contributed by atoms with Gasteiger partial charge in [0.05, 0.1) is 29.8 Å². The van der Waals surface area contributed by atoms with Crippen molar-refractivity contribution in [2.45, 2.75) is 6.54 Å². The second-order valence-corrected chi connectivity index (χ2v) is 5.69. The molecule has 7 nitrogen and oxygen atoms in total. The number of para-hydroxylation sites is 1. The van der Waals surface area contributed by atoms with Gasteiger partial charge in [-0.2, -0.15) is 5.10 Å². The van der Waals surface area contributed by atoms with Crippen LogP contribution in [-0.2, 0) is 13.6 Å². The molecule has 1 N–H and O–H groups in total. The SMILES string of the molecule is Cn1cnc2cc(C(=O)NCc3ccn(-c4ccccc4)n3)cnc21. The van der Waals surface area contributed by atoms with Crippen LogP contribution in [0.15, 0.2) is 61.2 Å². The monoisotopic (exact) mass is 332 g/mol. The fourth-order valence-electron chi connectivity index (χ4n) is 2.59. The zero-order valence-corrected chi connectivity index (χ0v) is 13.6. The summed E-state index contributed by atoms with van der Waals surface area (Å²) in [5, 5.41) is 7.33. The lowest BCUT2D eigenvalue weighted by molar-refractivity contribution is 0.0950. The number of benzene rings is 1. The first-order chi connectivity index (χ1) is 12.2. The fraction of sp³-hybridized carbons (Fsp3) is 0.111. The summed E-state index contributed by atoms with van der Waals surface area (Å²) < 4.78 is 3.59. The number of fused-ring (bicyclic) bond motifs is 1. The molecule has 4 aromatic rings. The minimum Gasteiger partial charge on any atom is -0.346 e. The summed E-state index contributed by atoms with van der Waals surface area (Å²) in [6, 6.07) is 13.4. The highest BCUT2D eigenvalue weighted by Crippen LogP contribution is 2.11. The average molecular weight is 332 g/mol. The smallest absolute Gasteiger partial charge is 0.253 e. The van der Waals surface area contributed by atoms with E-state index in [0.717, 1.165) is 17.0 Å². The summed E-state index contributed by atoms with van der Waals surface area (Å²) in [7, 11) is 1.87. The third kappa shape index (κ3) is 2.99. The van der Waals surface area contributed by atoms with Crippen molar-refractivity contribution in [3.8, 4) is 5.69 Å². The maximum Gasteiger partial charge on any atom is 0.253 e. The molecule has 0 atom stereocenters. The minimum absolute atomic E-state index is 0.200. The molecule has 3 heterocycles. The summed E-state index contributed by atoms with van der Waals surface area (Å²) >= 11 is 0. The fourth-order valence-corrected chi connectivity index (χ4v) is 2.59. The van der Waals surface area contributed by atoms with Gasteiger partial charge in [0, 0.05) is 19.4 Å². The molecule has 1 amide bonds. The Hall–Kier alpha value is -3.48. The molecule has 0 aliphatic carbocycles. The van der Waals surface area contributed by atoms with E-state index in [1.807, 2.05) is 54.2 Å². The van der Waals surface area contributed by atoms with Gasteiger partial charge in [-0.25, -0.2) is 14.6 Å². The minimum atomic E-state index is -0.200. The van der Waals surface area contributed by atoms with Gasteiger partial charge in [-0.3, -0.25) is 4.79 Å². The van der Waals surface area contributed by atoms with Crippen LogP contribution in [-0.4, -0.2) is 30.2 Å². The van der Waals surface area contributed by atoms with E-state index >= 15 is 0 Å². The lowest BCUT2D eigenvalue weighted by Gasteiger charge is -2.04. The van der Waals surface area contributed by atoms with Crippen molar-refractivity contribution in [3.63, 3.8) is 0 Å². The average Bonchev–Trinajstić information content (AvgIpc) is 3.27. The van der Waals surface area contributed by atoms with E-state index in [1.54, 1.807) is 23.3 Å². The molecule has 3 aromatic heterocycles. The van der Waals surface area contributed by atoms with E-state index in [9.17, 15) is 4.79 Å². The summed E-state index contributed by atoms with van der Waals surface area (Å²) in [6.45, 7) is 0.346. The molecule has 0 radical (unpaired) electrons. The molecule has 1 aromatic carbocycles. The zero-order chi connectivity index (χ0) is 17.2. The van der Waals surface area contributed by atoms with Crippen molar-refractivity contribution < 1.29 is 4.79 Å². The normalized spacial score (nSPS) is 10.9. The lowest BCUT2D eigenvalue weighted by atomic mass is 10.2. The van der Waals surface area contributed by atoms with Gasteiger partial charge in [0.2, 0.25) is 0 Å². The molecule has 7 heteroatoms. The first-order valence-corrected chi connectivity index (χ1v) is 7.86. The predicted molar refractivity (Wildman–Crippen MR) is 93.2 cm³/mol. The van der Waals surface area contributed by atoms with E-state index in [0.29, 0.717) is 17.6 Å². The first-order valence-electron chi connectivity index (χ1n) is 7.86. The lowest BCUT2D eigenvalue weighted by Crippen LogP contribution is -2.23. The zero-order valence-electron chi connectivity index (χ0n) is 13.6. The van der Waals surface area contributed by atoms with Gasteiger partial charge in [0.25, 0.3) is 5.91 Å². The number of aryl methyl sites for hydroxylation is 1. The van der Waals surface area contributed by atoms with E-state index in [-0.39, 0.29) is 5.91 Å². The van der Waals surface area contributed by atoms with Crippen LogP contribution < -0.4 is 5.32 Å². The third-order valence-electron chi connectivity index (χ3n) is 3.91. The standard InChI is InChI=1S/C18H16N6O/c1-23-12-21-16-9-13(10-19-17(16)23)18(25)20-11-14-7-8-24(22-14)15-5-3-2-4-6-15/h2-10,12H,11H2,1H3,(H,20,25). The van der Waals surface area contributed by atoms with E-state index in [1.165, 1.54) is 0 Å². The number of pyridine rings is 1. The number of hydrogen-bond donors (Lipinski definition) is 1. The molecule has 0 unspecified atom stereocenters. The highest BCUT2D eigenvalue weighted by atomic mass is 16.1. The van der Waals surface area contributed by atoms with Crippen molar-refractivity contribution in [1.29, 1.82) is 0 Å². The van der Waals surface area contributed by atoms with Crippen LogP contribution in [0.25, 0.3) is 16.9 Å².